The Kier molecular flexibility index (Phi) is 9.87. The summed E-state index contributed by atoms with van der Waals surface area (Å²) in [5.41, 5.74) is -0.0426. The van der Waals surface area contributed by atoms with E-state index in [1.165, 1.54) is 11.3 Å². The molecule has 2 heterocycles. The SMILES string of the molecule is C#CCOc1cccc(CN2CCn3cccc3C2CC)c1.O=C(O)CC(O)(CC(=O)O)C(=O)O. The normalized spacial score (nSPS) is 15.2. The van der Waals surface area contributed by atoms with E-state index in [1.54, 1.807) is 0 Å². The Bertz CT molecular complexity index is 1060. The molecular formula is C25H30N2O8. The molecule has 35 heavy (non-hydrogen) atoms. The fraction of sp³-hybridized carbons (Fsp3) is 0.400. The molecule has 0 spiro atoms. The third-order valence-electron chi connectivity index (χ3n) is 5.55. The molecule has 4 N–H and O–H groups in total. The lowest BCUT2D eigenvalue weighted by atomic mass is 9.96. The first-order valence-electron chi connectivity index (χ1n) is 11.0. The number of fused-ring (bicyclic) bond motifs is 1. The summed E-state index contributed by atoms with van der Waals surface area (Å²) in [4.78, 5) is 33.0. The van der Waals surface area contributed by atoms with Gasteiger partial charge >= 0.3 is 17.9 Å². The first kappa shape index (κ1) is 27.4. The van der Waals surface area contributed by atoms with Crippen molar-refractivity contribution >= 4 is 17.9 Å². The van der Waals surface area contributed by atoms with Crippen LogP contribution in [-0.4, -0.2) is 66.6 Å². The van der Waals surface area contributed by atoms with Crippen LogP contribution in [0.2, 0.25) is 0 Å². The fourth-order valence-corrected chi connectivity index (χ4v) is 3.98. The number of aromatic nitrogens is 1. The van der Waals surface area contributed by atoms with Crippen LogP contribution in [0.5, 0.6) is 5.75 Å². The van der Waals surface area contributed by atoms with Gasteiger partial charge in [-0.05, 0) is 36.2 Å². The summed E-state index contributed by atoms with van der Waals surface area (Å²) in [5, 5.41) is 33.8. The average Bonchev–Trinajstić information content (AvgIpc) is 3.26. The van der Waals surface area contributed by atoms with Gasteiger partial charge < -0.3 is 29.7 Å². The second-order valence-corrected chi connectivity index (χ2v) is 8.14. The van der Waals surface area contributed by atoms with Gasteiger partial charge in [0.15, 0.2) is 5.60 Å². The van der Waals surface area contributed by atoms with Crippen LogP contribution in [0.4, 0.5) is 0 Å². The fourth-order valence-electron chi connectivity index (χ4n) is 3.98. The van der Waals surface area contributed by atoms with Crippen molar-refractivity contribution in [1.82, 2.24) is 9.47 Å². The number of aliphatic hydroxyl groups is 1. The Morgan fingerprint density at radius 3 is 2.37 bits per heavy atom. The molecule has 0 bridgehead atoms. The van der Waals surface area contributed by atoms with Crippen molar-refractivity contribution in [3.8, 4) is 18.1 Å². The van der Waals surface area contributed by atoms with E-state index in [4.69, 9.17) is 31.6 Å². The monoisotopic (exact) mass is 486 g/mol. The van der Waals surface area contributed by atoms with Gasteiger partial charge in [0.1, 0.15) is 12.4 Å². The number of carbonyl (C=O) groups is 3. The minimum absolute atomic E-state index is 0.318. The Morgan fingerprint density at radius 1 is 1.11 bits per heavy atom. The highest BCUT2D eigenvalue weighted by Crippen LogP contribution is 2.30. The lowest BCUT2D eigenvalue weighted by Gasteiger charge is -2.36. The molecule has 0 radical (unpaired) electrons. The van der Waals surface area contributed by atoms with E-state index in [0.717, 1.165) is 31.8 Å². The second-order valence-electron chi connectivity index (χ2n) is 8.14. The van der Waals surface area contributed by atoms with Gasteiger partial charge in [-0.15, -0.1) is 6.42 Å². The van der Waals surface area contributed by atoms with Crippen LogP contribution < -0.4 is 4.74 Å². The quantitative estimate of drug-likeness (QED) is 0.371. The van der Waals surface area contributed by atoms with Crippen molar-refractivity contribution in [2.24, 2.45) is 0 Å². The summed E-state index contributed by atoms with van der Waals surface area (Å²) < 4.78 is 7.90. The molecule has 0 fully saturated rings. The highest BCUT2D eigenvalue weighted by Gasteiger charge is 2.40. The molecule has 0 aliphatic carbocycles. The maximum Gasteiger partial charge on any atom is 0.336 e. The van der Waals surface area contributed by atoms with Crippen LogP contribution in [0.3, 0.4) is 0 Å². The molecule has 10 heteroatoms. The lowest BCUT2D eigenvalue weighted by Crippen LogP contribution is -2.42. The van der Waals surface area contributed by atoms with Crippen LogP contribution >= 0.6 is 0 Å². The molecule has 1 aromatic heterocycles. The van der Waals surface area contributed by atoms with E-state index in [-0.39, 0.29) is 0 Å². The topological polar surface area (TPSA) is 150 Å². The third-order valence-corrected chi connectivity index (χ3v) is 5.55. The number of aliphatic carboxylic acids is 3. The number of carboxylic acids is 3. The smallest absolute Gasteiger partial charge is 0.336 e. The van der Waals surface area contributed by atoms with Crippen molar-refractivity contribution in [3.63, 3.8) is 0 Å². The van der Waals surface area contributed by atoms with Gasteiger partial charge in [-0.2, -0.15) is 0 Å². The summed E-state index contributed by atoms with van der Waals surface area (Å²) in [6.07, 6.45) is 6.27. The minimum atomic E-state index is -2.74. The van der Waals surface area contributed by atoms with Gasteiger partial charge in [0, 0.05) is 31.5 Å². The molecular weight excluding hydrogens is 456 g/mol. The molecule has 1 aromatic carbocycles. The molecule has 1 aliphatic rings. The van der Waals surface area contributed by atoms with Crippen molar-refractivity contribution in [2.45, 2.75) is 50.9 Å². The van der Waals surface area contributed by atoms with Gasteiger partial charge in [-0.1, -0.05) is 25.0 Å². The summed E-state index contributed by atoms with van der Waals surface area (Å²) in [6.45, 7) is 5.66. The van der Waals surface area contributed by atoms with Crippen molar-refractivity contribution < 1.29 is 39.5 Å². The van der Waals surface area contributed by atoms with Crippen LogP contribution in [-0.2, 0) is 27.5 Å². The summed E-state index contributed by atoms with van der Waals surface area (Å²) in [6, 6.07) is 13.1. The van der Waals surface area contributed by atoms with E-state index in [0.29, 0.717) is 12.6 Å². The summed E-state index contributed by atoms with van der Waals surface area (Å²) >= 11 is 0. The largest absolute Gasteiger partial charge is 0.481 e. The van der Waals surface area contributed by atoms with Crippen LogP contribution in [0.1, 0.15) is 43.5 Å². The summed E-state index contributed by atoms with van der Waals surface area (Å²) in [5.74, 6) is -1.66. The van der Waals surface area contributed by atoms with Gasteiger partial charge in [-0.25, -0.2) is 4.79 Å². The van der Waals surface area contributed by atoms with E-state index >= 15 is 0 Å². The number of benzene rings is 1. The van der Waals surface area contributed by atoms with E-state index < -0.39 is 36.4 Å². The maximum absolute atomic E-state index is 10.3. The molecule has 0 saturated heterocycles. The molecule has 188 valence electrons. The van der Waals surface area contributed by atoms with Crippen LogP contribution in [0.15, 0.2) is 42.6 Å². The Labute approximate surface area is 203 Å². The second kappa shape index (κ2) is 12.6. The minimum Gasteiger partial charge on any atom is -0.481 e. The highest BCUT2D eigenvalue weighted by atomic mass is 16.5. The number of terminal acetylenes is 1. The highest BCUT2D eigenvalue weighted by molar-refractivity contribution is 5.88. The van der Waals surface area contributed by atoms with Gasteiger partial charge in [-0.3, -0.25) is 14.5 Å². The van der Waals surface area contributed by atoms with Crippen molar-refractivity contribution in [1.29, 1.82) is 0 Å². The van der Waals surface area contributed by atoms with Crippen LogP contribution in [0.25, 0.3) is 0 Å². The Balaban J connectivity index is 0.000000287. The number of nitrogens with zero attached hydrogens (tertiary/aromatic N) is 2. The zero-order valence-electron chi connectivity index (χ0n) is 19.5. The maximum atomic E-state index is 10.3. The number of hydrogen-bond donors (Lipinski definition) is 4. The lowest BCUT2D eigenvalue weighted by molar-refractivity contribution is -0.170. The number of carboxylic acid groups (broad SMARTS) is 3. The first-order chi connectivity index (χ1) is 16.6. The molecule has 0 amide bonds. The average molecular weight is 487 g/mol. The van der Waals surface area contributed by atoms with Crippen molar-refractivity contribution in [2.75, 3.05) is 13.2 Å². The molecule has 1 atom stereocenters. The zero-order valence-corrected chi connectivity index (χ0v) is 19.5. The number of rotatable bonds is 10. The number of hydrogen-bond acceptors (Lipinski definition) is 6. The molecule has 1 aliphatic heterocycles. The van der Waals surface area contributed by atoms with Gasteiger partial charge in [0.2, 0.25) is 0 Å². The third kappa shape index (κ3) is 7.88. The zero-order chi connectivity index (χ0) is 26.0. The Hall–Kier alpha value is -3.81. The molecule has 3 rings (SSSR count). The van der Waals surface area contributed by atoms with E-state index in [2.05, 4.69) is 52.8 Å². The van der Waals surface area contributed by atoms with E-state index in [1.807, 2.05) is 12.1 Å². The predicted octanol–water partition coefficient (Wildman–Crippen LogP) is 2.22. The molecule has 2 aromatic rings. The number of ether oxygens (including phenoxy) is 1. The van der Waals surface area contributed by atoms with Crippen LogP contribution in [0, 0.1) is 12.3 Å². The molecule has 0 saturated carbocycles. The molecule has 1 unspecified atom stereocenters. The standard InChI is InChI=1S/C19H22N2O.C6H8O7/c1-3-13-22-17-8-5-7-16(14-17)15-21-12-11-20-10-6-9-19(20)18(21)4-2;7-3(8)1-6(13,5(11)12)2-4(9)10/h1,5-10,14,18H,4,11-13,15H2,2H3;13H,1-2H2,(H,7,8)(H,9,10)(H,11,12). The van der Waals surface area contributed by atoms with Crippen molar-refractivity contribution in [3.05, 3.63) is 53.9 Å². The van der Waals surface area contributed by atoms with Gasteiger partial charge in [0.05, 0.1) is 18.9 Å². The molecule has 10 nitrogen and oxygen atoms in total. The first-order valence-corrected chi connectivity index (χ1v) is 11.0. The predicted molar refractivity (Wildman–Crippen MR) is 126 cm³/mol. The summed E-state index contributed by atoms with van der Waals surface area (Å²) in [7, 11) is 0. The Morgan fingerprint density at radius 2 is 1.80 bits per heavy atom. The van der Waals surface area contributed by atoms with Gasteiger partial charge in [0.25, 0.3) is 0 Å². The van der Waals surface area contributed by atoms with E-state index in [9.17, 15) is 14.4 Å².